The number of hydrogen-bond donors (Lipinski definition) is 1. The Morgan fingerprint density at radius 2 is 2.09 bits per heavy atom. The van der Waals surface area contributed by atoms with Crippen LogP contribution >= 0.6 is 0 Å². The number of nitrogens with one attached hydrogen (secondary N) is 1. The molecule has 1 heterocycles. The van der Waals surface area contributed by atoms with Crippen LogP contribution in [0.3, 0.4) is 0 Å². The van der Waals surface area contributed by atoms with Gasteiger partial charge in [-0.3, -0.25) is 0 Å². The fourth-order valence-electron chi connectivity index (χ4n) is 2.31. The number of hydrogen-bond acceptors (Lipinski definition) is 3. The summed E-state index contributed by atoms with van der Waals surface area (Å²) < 4.78 is 11.7. The zero-order valence-electron chi connectivity index (χ0n) is 13.8. The van der Waals surface area contributed by atoms with Gasteiger partial charge in [-0.1, -0.05) is 25.5 Å². The average Bonchev–Trinajstić information content (AvgIpc) is 2.56. The number of unbranched alkanes of at least 4 members (excludes halogenated alkanes) is 1. The summed E-state index contributed by atoms with van der Waals surface area (Å²) in [6, 6.07) is 7.77. The quantitative estimate of drug-likeness (QED) is 0.648. The van der Waals surface area contributed by atoms with Crippen LogP contribution in [0, 0.1) is 0 Å². The van der Waals surface area contributed by atoms with Crippen LogP contribution in [0.5, 0.6) is 11.5 Å². The molecule has 1 aromatic carbocycles. The Labute approximate surface area is 133 Å². The van der Waals surface area contributed by atoms with Gasteiger partial charge in [0.15, 0.2) is 23.6 Å². The third kappa shape index (κ3) is 4.55. The molecule has 0 saturated carbocycles. The summed E-state index contributed by atoms with van der Waals surface area (Å²) in [6.07, 6.45) is 2.31. The molecule has 1 N–H and O–H groups in total. The minimum absolute atomic E-state index is 0.0388. The van der Waals surface area contributed by atoms with Crippen LogP contribution in [0.2, 0.25) is 0 Å². The molecular weight excluding hydrogens is 278 g/mol. The molecular formula is C17H27N3O2. The van der Waals surface area contributed by atoms with Crippen LogP contribution in [0.1, 0.15) is 26.7 Å². The van der Waals surface area contributed by atoms with Crippen LogP contribution in [-0.4, -0.2) is 50.3 Å². The highest BCUT2D eigenvalue weighted by molar-refractivity contribution is 5.79. The average molecular weight is 305 g/mol. The highest BCUT2D eigenvalue weighted by Gasteiger charge is 2.20. The molecule has 0 bridgehead atoms. The Balaban J connectivity index is 1.93. The van der Waals surface area contributed by atoms with Crippen molar-refractivity contribution in [3.05, 3.63) is 24.3 Å². The number of nitrogens with zero attached hydrogens (tertiary/aromatic N) is 2. The zero-order valence-corrected chi connectivity index (χ0v) is 13.8. The molecule has 5 nitrogen and oxygen atoms in total. The Kier molecular flexibility index (Phi) is 6.37. The van der Waals surface area contributed by atoms with Crippen molar-refractivity contribution in [1.82, 2.24) is 10.2 Å². The summed E-state index contributed by atoms with van der Waals surface area (Å²) in [5.74, 6) is 2.55. The maximum absolute atomic E-state index is 5.94. The highest BCUT2D eigenvalue weighted by atomic mass is 16.6. The molecule has 1 atom stereocenters. The Morgan fingerprint density at radius 1 is 1.32 bits per heavy atom. The number of benzene rings is 1. The summed E-state index contributed by atoms with van der Waals surface area (Å²) in [5.41, 5.74) is 0. The lowest BCUT2D eigenvalue weighted by Gasteiger charge is -2.26. The van der Waals surface area contributed by atoms with Crippen molar-refractivity contribution in [2.45, 2.75) is 32.8 Å². The van der Waals surface area contributed by atoms with Gasteiger partial charge in [0.2, 0.25) is 0 Å². The van der Waals surface area contributed by atoms with Gasteiger partial charge in [0.25, 0.3) is 0 Å². The summed E-state index contributed by atoms with van der Waals surface area (Å²) in [4.78, 5) is 6.86. The summed E-state index contributed by atoms with van der Waals surface area (Å²) >= 11 is 0. The predicted molar refractivity (Wildman–Crippen MR) is 89.9 cm³/mol. The van der Waals surface area contributed by atoms with Gasteiger partial charge in [0, 0.05) is 20.1 Å². The lowest BCUT2D eigenvalue weighted by atomic mass is 10.2. The second-order valence-electron chi connectivity index (χ2n) is 5.47. The summed E-state index contributed by atoms with van der Waals surface area (Å²) in [6.45, 7) is 7.28. The standard InChI is InChI=1S/C17H27N3O2/c1-4-6-11-20(3)17(18-5-2)19-12-14-13-21-15-9-7-8-10-16(15)22-14/h7-10,14H,4-6,11-13H2,1-3H3,(H,18,19). The van der Waals surface area contributed by atoms with Gasteiger partial charge in [0.1, 0.15) is 6.61 Å². The first-order chi connectivity index (χ1) is 10.7. The van der Waals surface area contributed by atoms with E-state index in [1.54, 1.807) is 0 Å². The van der Waals surface area contributed by atoms with Gasteiger partial charge in [-0.25, -0.2) is 4.99 Å². The first-order valence-electron chi connectivity index (χ1n) is 8.12. The maximum Gasteiger partial charge on any atom is 0.193 e. The van der Waals surface area contributed by atoms with Gasteiger partial charge < -0.3 is 19.7 Å². The fourth-order valence-corrected chi connectivity index (χ4v) is 2.31. The molecule has 5 heteroatoms. The number of guanidine groups is 1. The number of fused-ring (bicyclic) bond motifs is 1. The lowest BCUT2D eigenvalue weighted by molar-refractivity contribution is 0.0969. The van der Waals surface area contributed by atoms with E-state index in [2.05, 4.69) is 36.1 Å². The molecule has 22 heavy (non-hydrogen) atoms. The monoisotopic (exact) mass is 305 g/mol. The zero-order chi connectivity index (χ0) is 15.8. The fraction of sp³-hybridized carbons (Fsp3) is 0.588. The number of para-hydroxylation sites is 2. The smallest absolute Gasteiger partial charge is 0.193 e. The molecule has 0 spiro atoms. The van der Waals surface area contributed by atoms with E-state index in [1.165, 1.54) is 6.42 Å². The topological polar surface area (TPSA) is 46.1 Å². The van der Waals surface area contributed by atoms with Gasteiger partial charge in [-0.2, -0.15) is 0 Å². The molecule has 1 aliphatic rings. The van der Waals surface area contributed by atoms with Gasteiger partial charge in [-0.05, 0) is 25.5 Å². The van der Waals surface area contributed by atoms with Crippen molar-refractivity contribution in [2.75, 3.05) is 33.3 Å². The second kappa shape index (κ2) is 8.51. The van der Waals surface area contributed by atoms with Crippen molar-refractivity contribution in [2.24, 2.45) is 4.99 Å². The second-order valence-corrected chi connectivity index (χ2v) is 5.47. The van der Waals surface area contributed by atoms with Crippen molar-refractivity contribution in [3.63, 3.8) is 0 Å². The van der Waals surface area contributed by atoms with E-state index in [-0.39, 0.29) is 6.10 Å². The first kappa shape index (κ1) is 16.5. The Bertz CT molecular complexity index is 491. The molecule has 0 aromatic heterocycles. The molecule has 1 aliphatic heterocycles. The molecule has 1 unspecified atom stereocenters. The van der Waals surface area contributed by atoms with E-state index in [1.807, 2.05) is 24.3 Å². The third-order valence-electron chi connectivity index (χ3n) is 3.56. The SMILES string of the molecule is CCCCN(C)C(=NCC1COc2ccccc2O1)NCC. The number of rotatable bonds is 6. The maximum atomic E-state index is 5.94. The highest BCUT2D eigenvalue weighted by Crippen LogP contribution is 2.30. The van der Waals surface area contributed by atoms with E-state index < -0.39 is 0 Å². The minimum Gasteiger partial charge on any atom is -0.486 e. The molecule has 0 amide bonds. The summed E-state index contributed by atoms with van der Waals surface area (Å²) in [5, 5.41) is 3.33. The van der Waals surface area contributed by atoms with E-state index in [4.69, 9.17) is 9.47 Å². The van der Waals surface area contributed by atoms with Crippen LogP contribution in [0.25, 0.3) is 0 Å². The summed E-state index contributed by atoms with van der Waals surface area (Å²) in [7, 11) is 2.07. The van der Waals surface area contributed by atoms with Crippen molar-refractivity contribution in [3.8, 4) is 11.5 Å². The van der Waals surface area contributed by atoms with Crippen LogP contribution < -0.4 is 14.8 Å². The van der Waals surface area contributed by atoms with E-state index >= 15 is 0 Å². The molecule has 0 radical (unpaired) electrons. The van der Waals surface area contributed by atoms with E-state index in [9.17, 15) is 0 Å². The normalized spacial score (nSPS) is 17.2. The van der Waals surface area contributed by atoms with Crippen LogP contribution in [-0.2, 0) is 0 Å². The first-order valence-corrected chi connectivity index (χ1v) is 8.12. The number of aliphatic imine (C=N–C) groups is 1. The third-order valence-corrected chi connectivity index (χ3v) is 3.56. The van der Waals surface area contributed by atoms with Crippen LogP contribution in [0.4, 0.5) is 0 Å². The molecule has 0 aliphatic carbocycles. The van der Waals surface area contributed by atoms with Gasteiger partial charge in [-0.15, -0.1) is 0 Å². The minimum atomic E-state index is -0.0388. The lowest BCUT2D eigenvalue weighted by Crippen LogP contribution is -2.41. The molecule has 2 rings (SSSR count). The molecule has 122 valence electrons. The van der Waals surface area contributed by atoms with Crippen LogP contribution in [0.15, 0.2) is 29.3 Å². The van der Waals surface area contributed by atoms with Crippen molar-refractivity contribution >= 4 is 5.96 Å². The molecule has 1 aromatic rings. The Hall–Kier alpha value is -1.91. The Morgan fingerprint density at radius 3 is 2.82 bits per heavy atom. The van der Waals surface area contributed by atoms with Gasteiger partial charge >= 0.3 is 0 Å². The predicted octanol–water partition coefficient (Wildman–Crippen LogP) is 2.52. The van der Waals surface area contributed by atoms with E-state index in [0.717, 1.165) is 37.0 Å². The molecule has 0 fully saturated rings. The van der Waals surface area contributed by atoms with E-state index in [0.29, 0.717) is 13.2 Å². The van der Waals surface area contributed by atoms with Crippen molar-refractivity contribution < 1.29 is 9.47 Å². The number of ether oxygens (including phenoxy) is 2. The largest absolute Gasteiger partial charge is 0.486 e. The van der Waals surface area contributed by atoms with Gasteiger partial charge in [0.05, 0.1) is 6.54 Å². The molecule has 0 saturated heterocycles. The van der Waals surface area contributed by atoms with Crippen molar-refractivity contribution in [1.29, 1.82) is 0 Å².